The highest BCUT2D eigenvalue weighted by atomic mass is 19.2. The van der Waals surface area contributed by atoms with Crippen LogP contribution >= 0.6 is 0 Å². The lowest BCUT2D eigenvalue weighted by molar-refractivity contribution is -0.126. The van der Waals surface area contributed by atoms with Crippen molar-refractivity contribution in [1.29, 1.82) is 0 Å². The SMILES string of the molecule is NC(=O)C(COc1cccc(F)c1F)(NC1CC1)C1CC1. The topological polar surface area (TPSA) is 64.4 Å². The third-order valence-corrected chi connectivity index (χ3v) is 4.12. The third kappa shape index (κ3) is 2.85. The molecule has 1 amide bonds. The van der Waals surface area contributed by atoms with Crippen LogP contribution in [0, 0.1) is 17.6 Å². The third-order valence-electron chi connectivity index (χ3n) is 4.12. The normalized spacial score (nSPS) is 20.9. The molecule has 0 aliphatic heterocycles. The number of carbonyl (C=O) groups excluding carboxylic acids is 1. The molecule has 0 aromatic heterocycles. The molecule has 0 bridgehead atoms. The highest BCUT2D eigenvalue weighted by Crippen LogP contribution is 2.42. The van der Waals surface area contributed by atoms with Gasteiger partial charge in [0.2, 0.25) is 11.7 Å². The number of carbonyl (C=O) groups is 1. The Kier molecular flexibility index (Phi) is 3.57. The Balaban J connectivity index is 1.77. The number of primary amides is 1. The molecule has 0 radical (unpaired) electrons. The van der Waals surface area contributed by atoms with E-state index in [0.717, 1.165) is 31.7 Å². The molecule has 1 aromatic rings. The zero-order valence-electron chi connectivity index (χ0n) is 11.6. The standard InChI is InChI=1S/C15H18F2N2O2/c16-11-2-1-3-12(13(11)17)21-8-15(14(18)20,9-4-5-9)19-10-6-7-10/h1-3,9-10,19H,4-8H2,(H2,18,20). The van der Waals surface area contributed by atoms with Crippen molar-refractivity contribution < 1.29 is 18.3 Å². The first-order valence-electron chi connectivity index (χ1n) is 7.17. The van der Waals surface area contributed by atoms with Gasteiger partial charge in [-0.15, -0.1) is 0 Å². The van der Waals surface area contributed by atoms with E-state index in [2.05, 4.69) is 5.32 Å². The predicted molar refractivity (Wildman–Crippen MR) is 72.7 cm³/mol. The molecule has 3 N–H and O–H groups in total. The van der Waals surface area contributed by atoms with Gasteiger partial charge in [0, 0.05) is 6.04 Å². The highest BCUT2D eigenvalue weighted by Gasteiger charge is 2.52. The Morgan fingerprint density at radius 2 is 2.05 bits per heavy atom. The molecule has 0 spiro atoms. The summed E-state index contributed by atoms with van der Waals surface area (Å²) in [6.45, 7) is -0.0795. The van der Waals surface area contributed by atoms with Gasteiger partial charge >= 0.3 is 0 Å². The largest absolute Gasteiger partial charge is 0.488 e. The van der Waals surface area contributed by atoms with E-state index in [1.165, 1.54) is 12.1 Å². The van der Waals surface area contributed by atoms with Crippen LogP contribution in [0.25, 0.3) is 0 Å². The van der Waals surface area contributed by atoms with E-state index in [1.54, 1.807) is 0 Å². The van der Waals surface area contributed by atoms with Gasteiger partial charge < -0.3 is 10.5 Å². The van der Waals surface area contributed by atoms with E-state index in [1.807, 2.05) is 0 Å². The van der Waals surface area contributed by atoms with E-state index in [4.69, 9.17) is 10.5 Å². The first-order chi connectivity index (χ1) is 10.0. The Labute approximate surface area is 121 Å². The second kappa shape index (κ2) is 5.26. The monoisotopic (exact) mass is 296 g/mol. The van der Waals surface area contributed by atoms with Gasteiger partial charge in [-0.05, 0) is 43.7 Å². The van der Waals surface area contributed by atoms with E-state index in [9.17, 15) is 13.6 Å². The zero-order chi connectivity index (χ0) is 15.0. The van der Waals surface area contributed by atoms with Crippen LogP contribution < -0.4 is 15.8 Å². The summed E-state index contributed by atoms with van der Waals surface area (Å²) >= 11 is 0. The number of amides is 1. The molecule has 114 valence electrons. The molecule has 21 heavy (non-hydrogen) atoms. The number of rotatable bonds is 7. The van der Waals surface area contributed by atoms with Crippen molar-refractivity contribution in [2.75, 3.05) is 6.61 Å². The molecule has 1 aromatic carbocycles. The Bertz CT molecular complexity index is 559. The fourth-order valence-electron chi connectivity index (χ4n) is 2.58. The summed E-state index contributed by atoms with van der Waals surface area (Å²) in [5.41, 5.74) is 4.59. The van der Waals surface area contributed by atoms with Gasteiger partial charge in [0.15, 0.2) is 11.6 Å². The highest BCUT2D eigenvalue weighted by molar-refractivity contribution is 5.86. The maximum atomic E-state index is 13.6. The summed E-state index contributed by atoms with van der Waals surface area (Å²) in [6.07, 6.45) is 3.77. The van der Waals surface area contributed by atoms with Crippen molar-refractivity contribution in [3.63, 3.8) is 0 Å². The van der Waals surface area contributed by atoms with Crippen molar-refractivity contribution in [2.24, 2.45) is 11.7 Å². The fourth-order valence-corrected chi connectivity index (χ4v) is 2.58. The van der Waals surface area contributed by atoms with Gasteiger partial charge in [-0.25, -0.2) is 4.39 Å². The molecule has 3 rings (SSSR count). The lowest BCUT2D eigenvalue weighted by Gasteiger charge is -2.32. The Morgan fingerprint density at radius 3 is 2.62 bits per heavy atom. The lowest BCUT2D eigenvalue weighted by atomic mass is 9.93. The van der Waals surface area contributed by atoms with E-state index >= 15 is 0 Å². The predicted octanol–water partition coefficient (Wildman–Crippen LogP) is 1.73. The number of hydrogen-bond acceptors (Lipinski definition) is 3. The minimum atomic E-state index is -1.04. The Hall–Kier alpha value is -1.69. The quantitative estimate of drug-likeness (QED) is 0.805. The summed E-state index contributed by atoms with van der Waals surface area (Å²) in [4.78, 5) is 12.0. The number of benzene rings is 1. The smallest absolute Gasteiger partial charge is 0.241 e. The summed E-state index contributed by atoms with van der Waals surface area (Å²) in [5, 5.41) is 3.25. The fraction of sp³-hybridized carbons (Fsp3) is 0.533. The van der Waals surface area contributed by atoms with Crippen LogP contribution in [-0.4, -0.2) is 24.1 Å². The molecule has 1 unspecified atom stereocenters. The van der Waals surface area contributed by atoms with Crippen LogP contribution in [0.2, 0.25) is 0 Å². The van der Waals surface area contributed by atoms with E-state index < -0.39 is 23.1 Å². The first kappa shape index (κ1) is 14.3. The van der Waals surface area contributed by atoms with Crippen molar-refractivity contribution in [1.82, 2.24) is 5.32 Å². The molecule has 2 aliphatic rings. The van der Waals surface area contributed by atoms with Gasteiger partial charge in [-0.1, -0.05) is 6.07 Å². The van der Waals surface area contributed by atoms with Crippen LogP contribution in [0.3, 0.4) is 0 Å². The maximum Gasteiger partial charge on any atom is 0.241 e. The maximum absolute atomic E-state index is 13.6. The lowest BCUT2D eigenvalue weighted by Crippen LogP contribution is -2.61. The van der Waals surface area contributed by atoms with Crippen molar-refractivity contribution >= 4 is 5.91 Å². The van der Waals surface area contributed by atoms with Gasteiger partial charge in [0.25, 0.3) is 0 Å². The van der Waals surface area contributed by atoms with Gasteiger partial charge in [0.1, 0.15) is 12.1 Å². The Morgan fingerprint density at radius 1 is 1.33 bits per heavy atom. The summed E-state index contributed by atoms with van der Waals surface area (Å²) in [5.74, 6) is -2.60. The van der Waals surface area contributed by atoms with Gasteiger partial charge in [-0.3, -0.25) is 10.1 Å². The molecule has 4 nitrogen and oxygen atoms in total. The second-order valence-electron chi connectivity index (χ2n) is 5.87. The van der Waals surface area contributed by atoms with E-state index in [0.29, 0.717) is 0 Å². The zero-order valence-corrected chi connectivity index (χ0v) is 11.6. The van der Waals surface area contributed by atoms with Crippen molar-refractivity contribution in [2.45, 2.75) is 37.3 Å². The number of ether oxygens (including phenoxy) is 1. The summed E-state index contributed by atoms with van der Waals surface area (Å²) < 4.78 is 32.2. The molecule has 6 heteroatoms. The molecule has 1 atom stereocenters. The first-order valence-corrected chi connectivity index (χ1v) is 7.17. The minimum absolute atomic E-state index is 0.0795. The van der Waals surface area contributed by atoms with Crippen LogP contribution in [-0.2, 0) is 4.79 Å². The second-order valence-corrected chi connectivity index (χ2v) is 5.87. The van der Waals surface area contributed by atoms with Crippen LogP contribution in [0.1, 0.15) is 25.7 Å². The summed E-state index contributed by atoms with van der Waals surface area (Å²) in [6, 6.07) is 3.99. The van der Waals surface area contributed by atoms with E-state index in [-0.39, 0.29) is 24.3 Å². The molecule has 0 heterocycles. The van der Waals surface area contributed by atoms with Gasteiger partial charge in [-0.2, -0.15) is 4.39 Å². The average molecular weight is 296 g/mol. The summed E-state index contributed by atoms with van der Waals surface area (Å²) in [7, 11) is 0. The molecule has 0 saturated heterocycles. The van der Waals surface area contributed by atoms with Crippen LogP contribution in [0.15, 0.2) is 18.2 Å². The minimum Gasteiger partial charge on any atom is -0.488 e. The number of nitrogens with two attached hydrogens (primary N) is 1. The van der Waals surface area contributed by atoms with Crippen molar-refractivity contribution in [3.8, 4) is 5.75 Å². The molecule has 2 fully saturated rings. The molecular weight excluding hydrogens is 278 g/mol. The number of hydrogen-bond donors (Lipinski definition) is 2. The average Bonchev–Trinajstić information content (AvgIpc) is 3.31. The van der Waals surface area contributed by atoms with Crippen LogP contribution in [0.5, 0.6) is 5.75 Å². The van der Waals surface area contributed by atoms with Crippen molar-refractivity contribution in [3.05, 3.63) is 29.8 Å². The van der Waals surface area contributed by atoms with Gasteiger partial charge in [0.05, 0.1) is 0 Å². The molecule has 2 aliphatic carbocycles. The molecular formula is C15H18F2N2O2. The number of nitrogens with one attached hydrogen (secondary N) is 1. The molecule has 2 saturated carbocycles. The van der Waals surface area contributed by atoms with Crippen LogP contribution in [0.4, 0.5) is 8.78 Å². The number of halogens is 2.